The van der Waals surface area contributed by atoms with Crippen LogP contribution >= 0.6 is 39.3 Å². The first-order chi connectivity index (χ1) is 16.7. The molecule has 11 heteroatoms. The summed E-state index contributed by atoms with van der Waals surface area (Å²) in [6.07, 6.45) is 1.57. The van der Waals surface area contributed by atoms with Crippen molar-refractivity contribution < 1.29 is 24.0 Å². The largest absolute Gasteiger partial charge is 0.422 e. The fourth-order valence-corrected chi connectivity index (χ4v) is 4.57. The molecule has 1 saturated heterocycles. The molecular weight excluding hydrogens is 560 g/mol. The summed E-state index contributed by atoms with van der Waals surface area (Å²) >= 11 is 10.0. The number of thioether (sulfide) groups is 1. The molecule has 35 heavy (non-hydrogen) atoms. The molecule has 176 valence electrons. The summed E-state index contributed by atoms with van der Waals surface area (Å²) in [5.74, 6) is -0.733. The molecule has 8 nitrogen and oxygen atoms in total. The lowest BCUT2D eigenvalue weighted by molar-refractivity contribution is -0.384. The molecule has 4 rings (SSSR count). The number of amides is 2. The zero-order valence-corrected chi connectivity index (χ0v) is 20.8. The molecule has 0 atom stereocenters. The second-order valence-electron chi connectivity index (χ2n) is 7.28. The molecule has 3 aromatic rings. The van der Waals surface area contributed by atoms with Gasteiger partial charge in [-0.1, -0.05) is 29.8 Å². The Kier molecular flexibility index (Phi) is 7.34. The number of ether oxygens (including phenoxy) is 1. The Hall–Kier alpha value is -3.47. The van der Waals surface area contributed by atoms with Crippen LogP contribution in [0.2, 0.25) is 5.02 Å². The smallest absolute Gasteiger partial charge is 0.343 e. The minimum Gasteiger partial charge on any atom is -0.422 e. The highest BCUT2D eigenvalue weighted by molar-refractivity contribution is 9.10. The SMILES string of the molecule is O=C(Oc1ccc(/C=C2\SC(=O)N(Cc3ccc([N+](=O)[O-])cc3)C2=O)cc1Br)c1ccc(Cl)cc1. The van der Waals surface area contributed by atoms with Crippen LogP contribution in [0.25, 0.3) is 6.08 Å². The second kappa shape index (κ2) is 10.4. The number of rotatable bonds is 6. The minimum absolute atomic E-state index is 0.00326. The van der Waals surface area contributed by atoms with Crippen LogP contribution in [0.4, 0.5) is 10.5 Å². The van der Waals surface area contributed by atoms with Gasteiger partial charge in [-0.05, 0) is 81.3 Å². The third-order valence-corrected chi connectivity index (χ3v) is 6.68. The number of halogens is 2. The number of esters is 1. The molecule has 0 radical (unpaired) electrons. The number of carbonyl (C=O) groups is 3. The van der Waals surface area contributed by atoms with Gasteiger partial charge in [-0.2, -0.15) is 0 Å². The van der Waals surface area contributed by atoms with Crippen LogP contribution < -0.4 is 4.74 Å². The predicted molar refractivity (Wildman–Crippen MR) is 135 cm³/mol. The Morgan fingerprint density at radius 3 is 2.40 bits per heavy atom. The number of non-ortho nitro benzene ring substituents is 1. The van der Waals surface area contributed by atoms with E-state index in [4.69, 9.17) is 16.3 Å². The molecule has 0 spiro atoms. The van der Waals surface area contributed by atoms with E-state index in [1.807, 2.05) is 0 Å². The van der Waals surface area contributed by atoms with Gasteiger partial charge < -0.3 is 4.74 Å². The number of hydrogen-bond donors (Lipinski definition) is 0. The summed E-state index contributed by atoms with van der Waals surface area (Å²) in [4.78, 5) is 49.1. The molecule has 2 amide bonds. The van der Waals surface area contributed by atoms with Gasteiger partial charge in [-0.15, -0.1) is 0 Å². The summed E-state index contributed by atoms with van der Waals surface area (Å²) in [6.45, 7) is 0.00326. The molecule has 0 aliphatic carbocycles. The van der Waals surface area contributed by atoms with Crippen LogP contribution in [0.3, 0.4) is 0 Å². The maximum absolute atomic E-state index is 12.8. The average Bonchev–Trinajstić information content (AvgIpc) is 3.08. The minimum atomic E-state index is -0.553. The third kappa shape index (κ3) is 5.79. The van der Waals surface area contributed by atoms with Crippen LogP contribution in [0, 0.1) is 10.1 Å². The zero-order chi connectivity index (χ0) is 25.1. The Morgan fingerprint density at radius 1 is 1.09 bits per heavy atom. The van der Waals surface area contributed by atoms with Crippen LogP contribution in [0.1, 0.15) is 21.5 Å². The molecule has 0 bridgehead atoms. The van der Waals surface area contributed by atoms with E-state index in [0.29, 0.717) is 26.2 Å². The van der Waals surface area contributed by atoms with Crippen molar-refractivity contribution in [3.8, 4) is 5.75 Å². The number of nitro groups is 1. The fourth-order valence-electron chi connectivity index (χ4n) is 3.13. The monoisotopic (exact) mass is 572 g/mol. The average molecular weight is 574 g/mol. The van der Waals surface area contributed by atoms with Gasteiger partial charge in [-0.3, -0.25) is 24.6 Å². The van der Waals surface area contributed by atoms with E-state index < -0.39 is 22.0 Å². The van der Waals surface area contributed by atoms with Crippen LogP contribution in [-0.4, -0.2) is 26.9 Å². The van der Waals surface area contributed by atoms with Gasteiger partial charge in [0.25, 0.3) is 16.8 Å². The maximum Gasteiger partial charge on any atom is 0.343 e. The van der Waals surface area contributed by atoms with Crippen molar-refractivity contribution in [2.75, 3.05) is 0 Å². The molecule has 1 fully saturated rings. The molecule has 1 heterocycles. The molecular formula is C24H14BrClN2O6S. The predicted octanol–water partition coefficient (Wildman–Crippen LogP) is 6.47. The van der Waals surface area contributed by atoms with Crippen molar-refractivity contribution >= 4 is 68.2 Å². The summed E-state index contributed by atoms with van der Waals surface area (Å²) in [7, 11) is 0. The van der Waals surface area contributed by atoms with Gasteiger partial charge in [-0.25, -0.2) is 4.79 Å². The van der Waals surface area contributed by atoms with Crippen LogP contribution in [-0.2, 0) is 11.3 Å². The van der Waals surface area contributed by atoms with Crippen molar-refractivity contribution in [1.82, 2.24) is 4.90 Å². The van der Waals surface area contributed by atoms with E-state index in [-0.39, 0.29) is 22.9 Å². The second-order valence-corrected chi connectivity index (χ2v) is 9.56. The van der Waals surface area contributed by atoms with Crippen molar-refractivity contribution in [3.05, 3.63) is 108 Å². The van der Waals surface area contributed by atoms with Gasteiger partial charge in [0.2, 0.25) is 0 Å². The van der Waals surface area contributed by atoms with Crippen molar-refractivity contribution in [1.29, 1.82) is 0 Å². The van der Waals surface area contributed by atoms with E-state index in [1.54, 1.807) is 48.5 Å². The molecule has 0 saturated carbocycles. The van der Waals surface area contributed by atoms with Gasteiger partial charge in [0.15, 0.2) is 0 Å². The van der Waals surface area contributed by atoms with Gasteiger partial charge >= 0.3 is 5.97 Å². The molecule has 0 unspecified atom stereocenters. The van der Waals surface area contributed by atoms with Crippen molar-refractivity contribution in [2.45, 2.75) is 6.54 Å². The first-order valence-corrected chi connectivity index (χ1v) is 12.0. The van der Waals surface area contributed by atoms with Crippen molar-refractivity contribution in [2.24, 2.45) is 0 Å². The number of carbonyl (C=O) groups excluding carboxylic acids is 3. The molecule has 1 aliphatic heterocycles. The normalized spacial score (nSPS) is 14.5. The molecule has 0 aromatic heterocycles. The summed E-state index contributed by atoms with van der Waals surface area (Å²) in [5, 5.41) is 10.9. The zero-order valence-electron chi connectivity index (χ0n) is 17.6. The highest BCUT2D eigenvalue weighted by Gasteiger charge is 2.35. The first kappa shape index (κ1) is 24.6. The number of benzene rings is 3. The summed E-state index contributed by atoms with van der Waals surface area (Å²) in [6, 6.07) is 16.8. The highest BCUT2D eigenvalue weighted by atomic mass is 79.9. The van der Waals surface area contributed by atoms with Crippen LogP contribution in [0.15, 0.2) is 76.1 Å². The Morgan fingerprint density at radius 2 is 1.77 bits per heavy atom. The van der Waals surface area contributed by atoms with Gasteiger partial charge in [0.05, 0.1) is 26.4 Å². The first-order valence-electron chi connectivity index (χ1n) is 9.97. The Balaban J connectivity index is 1.46. The number of nitrogens with zero attached hydrogens (tertiary/aromatic N) is 2. The summed E-state index contributed by atoms with van der Waals surface area (Å²) < 4.78 is 5.90. The van der Waals surface area contributed by atoms with E-state index >= 15 is 0 Å². The summed E-state index contributed by atoms with van der Waals surface area (Å²) in [5.41, 5.74) is 1.47. The lowest BCUT2D eigenvalue weighted by atomic mass is 10.2. The van der Waals surface area contributed by atoms with E-state index in [1.165, 1.54) is 24.3 Å². The quantitative estimate of drug-likeness (QED) is 0.109. The number of nitro benzene ring substituents is 1. The van der Waals surface area contributed by atoms with Gasteiger partial charge in [0, 0.05) is 17.2 Å². The van der Waals surface area contributed by atoms with E-state index in [9.17, 15) is 24.5 Å². The Labute approximate surface area is 216 Å². The maximum atomic E-state index is 12.8. The molecule has 0 N–H and O–H groups in total. The number of hydrogen-bond acceptors (Lipinski definition) is 7. The van der Waals surface area contributed by atoms with E-state index in [2.05, 4.69) is 15.9 Å². The molecule has 3 aromatic carbocycles. The lowest BCUT2D eigenvalue weighted by Gasteiger charge is -2.12. The topological polar surface area (TPSA) is 107 Å². The van der Waals surface area contributed by atoms with Crippen LogP contribution in [0.5, 0.6) is 5.75 Å². The van der Waals surface area contributed by atoms with Crippen molar-refractivity contribution in [3.63, 3.8) is 0 Å². The van der Waals surface area contributed by atoms with E-state index in [0.717, 1.165) is 16.7 Å². The number of imide groups is 1. The molecule has 1 aliphatic rings. The fraction of sp³-hybridized carbons (Fsp3) is 0.0417. The standard InChI is InChI=1S/C24H14BrClN2O6S/c25-19-11-15(3-10-20(19)34-23(30)16-4-6-17(26)7-5-16)12-21-22(29)27(24(31)35-21)13-14-1-8-18(9-2-14)28(32)33/h1-12H,13H2/b21-12-. The lowest BCUT2D eigenvalue weighted by Crippen LogP contribution is -2.27. The Bertz CT molecular complexity index is 1380. The highest BCUT2D eigenvalue weighted by Crippen LogP contribution is 2.35. The third-order valence-electron chi connectivity index (χ3n) is 4.90. The van der Waals surface area contributed by atoms with Gasteiger partial charge in [0.1, 0.15) is 5.75 Å².